The molecular formula is C13H20N2. The summed E-state index contributed by atoms with van der Waals surface area (Å²) in [4.78, 5) is 2.40. The zero-order valence-corrected chi connectivity index (χ0v) is 10.0. The molecule has 82 valence electrons. The minimum Gasteiger partial charge on any atom is -0.366 e. The summed E-state index contributed by atoms with van der Waals surface area (Å²) in [6, 6.07) is 7.30. The Bertz CT molecular complexity index is 356. The molecule has 2 rings (SSSR count). The van der Waals surface area contributed by atoms with E-state index in [0.29, 0.717) is 12.0 Å². The molecule has 1 aliphatic heterocycles. The van der Waals surface area contributed by atoms with E-state index in [1.54, 1.807) is 0 Å². The van der Waals surface area contributed by atoms with Gasteiger partial charge < -0.3 is 10.2 Å². The Morgan fingerprint density at radius 3 is 2.53 bits per heavy atom. The fourth-order valence-corrected chi connectivity index (χ4v) is 2.01. The fourth-order valence-electron chi connectivity index (χ4n) is 2.01. The second kappa shape index (κ2) is 3.76. The van der Waals surface area contributed by atoms with Crippen molar-refractivity contribution in [2.24, 2.45) is 0 Å². The molecule has 0 saturated heterocycles. The van der Waals surface area contributed by atoms with Crippen molar-refractivity contribution in [1.29, 1.82) is 0 Å². The van der Waals surface area contributed by atoms with Crippen LogP contribution in [-0.4, -0.2) is 12.7 Å². The summed E-state index contributed by atoms with van der Waals surface area (Å²) in [6.07, 6.45) is 0. The van der Waals surface area contributed by atoms with Crippen LogP contribution in [0.25, 0.3) is 0 Å². The van der Waals surface area contributed by atoms with Gasteiger partial charge in [-0.05, 0) is 37.5 Å². The molecule has 1 heterocycles. The highest BCUT2D eigenvalue weighted by molar-refractivity contribution is 5.75. The van der Waals surface area contributed by atoms with Crippen LogP contribution >= 0.6 is 0 Å². The lowest BCUT2D eigenvalue weighted by Gasteiger charge is -2.23. The van der Waals surface area contributed by atoms with Crippen molar-refractivity contribution in [2.75, 3.05) is 16.9 Å². The maximum atomic E-state index is 3.42. The lowest BCUT2D eigenvalue weighted by Crippen LogP contribution is -2.30. The average Bonchev–Trinajstić information content (AvgIpc) is 2.59. The first kappa shape index (κ1) is 10.3. The summed E-state index contributed by atoms with van der Waals surface area (Å²) in [5.41, 5.74) is 4.05. The number of fused-ring (bicyclic) bond motifs is 1. The third kappa shape index (κ3) is 1.81. The molecule has 0 radical (unpaired) electrons. The second-order valence-electron chi connectivity index (χ2n) is 4.83. The van der Waals surface area contributed by atoms with Gasteiger partial charge in [0.15, 0.2) is 0 Å². The molecule has 0 saturated carbocycles. The van der Waals surface area contributed by atoms with Crippen molar-refractivity contribution in [1.82, 2.24) is 0 Å². The maximum absolute atomic E-state index is 3.42. The number of rotatable bonds is 2. The highest BCUT2D eigenvalue weighted by Gasteiger charge is 2.21. The van der Waals surface area contributed by atoms with Gasteiger partial charge in [0.25, 0.3) is 0 Å². The van der Waals surface area contributed by atoms with Crippen molar-refractivity contribution in [2.45, 2.75) is 39.7 Å². The molecule has 15 heavy (non-hydrogen) atoms. The second-order valence-corrected chi connectivity index (χ2v) is 4.83. The van der Waals surface area contributed by atoms with E-state index >= 15 is 0 Å². The fraction of sp³-hybridized carbons (Fsp3) is 0.538. The SMILES string of the molecule is CC(C)c1ccc2c(c1)N(C(C)C)CN2. The predicted octanol–water partition coefficient (Wildman–Crippen LogP) is 3.41. The minimum atomic E-state index is 0.557. The van der Waals surface area contributed by atoms with Gasteiger partial charge in [0, 0.05) is 6.04 Å². The van der Waals surface area contributed by atoms with Crippen molar-refractivity contribution in [3.63, 3.8) is 0 Å². The molecule has 0 aromatic heterocycles. The molecule has 1 aromatic rings. The van der Waals surface area contributed by atoms with E-state index in [1.165, 1.54) is 16.9 Å². The van der Waals surface area contributed by atoms with E-state index in [2.05, 4.69) is 56.1 Å². The van der Waals surface area contributed by atoms with Gasteiger partial charge in [0.2, 0.25) is 0 Å². The Kier molecular flexibility index (Phi) is 2.59. The first-order valence-corrected chi connectivity index (χ1v) is 5.74. The van der Waals surface area contributed by atoms with Crippen molar-refractivity contribution in [3.8, 4) is 0 Å². The van der Waals surface area contributed by atoms with Gasteiger partial charge in [-0.15, -0.1) is 0 Å². The van der Waals surface area contributed by atoms with Gasteiger partial charge in [-0.1, -0.05) is 19.9 Å². The van der Waals surface area contributed by atoms with Crippen LogP contribution in [0.1, 0.15) is 39.2 Å². The minimum absolute atomic E-state index is 0.557. The van der Waals surface area contributed by atoms with Crippen molar-refractivity contribution >= 4 is 11.4 Å². The lowest BCUT2D eigenvalue weighted by atomic mass is 10.0. The number of benzene rings is 1. The van der Waals surface area contributed by atoms with Crippen LogP contribution in [0.4, 0.5) is 11.4 Å². The largest absolute Gasteiger partial charge is 0.366 e. The summed E-state index contributed by atoms with van der Waals surface area (Å²) in [5, 5.41) is 3.42. The summed E-state index contributed by atoms with van der Waals surface area (Å²) in [5.74, 6) is 0.602. The Morgan fingerprint density at radius 2 is 1.93 bits per heavy atom. The quantitative estimate of drug-likeness (QED) is 0.794. The van der Waals surface area contributed by atoms with Crippen LogP contribution in [0.15, 0.2) is 18.2 Å². The molecule has 0 spiro atoms. The lowest BCUT2D eigenvalue weighted by molar-refractivity contribution is 0.726. The van der Waals surface area contributed by atoms with Gasteiger partial charge in [0.1, 0.15) is 0 Å². The van der Waals surface area contributed by atoms with Gasteiger partial charge in [-0.3, -0.25) is 0 Å². The van der Waals surface area contributed by atoms with Crippen LogP contribution in [0.5, 0.6) is 0 Å². The molecule has 1 aromatic carbocycles. The van der Waals surface area contributed by atoms with E-state index in [4.69, 9.17) is 0 Å². The summed E-state index contributed by atoms with van der Waals surface area (Å²) in [7, 11) is 0. The number of anilines is 2. The number of nitrogens with zero attached hydrogens (tertiary/aromatic N) is 1. The molecule has 0 amide bonds. The Labute approximate surface area is 92.3 Å². The molecule has 1 aliphatic rings. The van der Waals surface area contributed by atoms with Gasteiger partial charge >= 0.3 is 0 Å². The van der Waals surface area contributed by atoms with Crippen LogP contribution in [0, 0.1) is 0 Å². The number of hydrogen-bond donors (Lipinski definition) is 1. The highest BCUT2D eigenvalue weighted by Crippen LogP contribution is 2.35. The highest BCUT2D eigenvalue weighted by atomic mass is 15.3. The average molecular weight is 204 g/mol. The normalized spacial score (nSPS) is 14.7. The van der Waals surface area contributed by atoms with Crippen LogP contribution in [0.3, 0.4) is 0 Å². The van der Waals surface area contributed by atoms with E-state index in [9.17, 15) is 0 Å². The van der Waals surface area contributed by atoms with Gasteiger partial charge in [-0.2, -0.15) is 0 Å². The zero-order valence-electron chi connectivity index (χ0n) is 10.0. The number of nitrogens with one attached hydrogen (secondary N) is 1. The maximum Gasteiger partial charge on any atom is 0.0880 e. The smallest absolute Gasteiger partial charge is 0.0880 e. The third-order valence-electron chi connectivity index (χ3n) is 3.06. The molecule has 0 aliphatic carbocycles. The topological polar surface area (TPSA) is 15.3 Å². The molecule has 1 N–H and O–H groups in total. The molecule has 0 fully saturated rings. The standard InChI is InChI=1S/C13H20N2/c1-9(2)11-5-6-12-13(7-11)15(8-14-12)10(3)4/h5-7,9-10,14H,8H2,1-4H3. The molecule has 0 atom stereocenters. The summed E-state index contributed by atoms with van der Waals surface area (Å²) in [6.45, 7) is 9.89. The molecule has 0 unspecified atom stereocenters. The number of hydrogen-bond acceptors (Lipinski definition) is 2. The monoisotopic (exact) mass is 204 g/mol. The van der Waals surface area contributed by atoms with Crippen LogP contribution in [0.2, 0.25) is 0 Å². The van der Waals surface area contributed by atoms with E-state index in [-0.39, 0.29) is 0 Å². The van der Waals surface area contributed by atoms with Crippen LogP contribution < -0.4 is 10.2 Å². The van der Waals surface area contributed by atoms with Crippen molar-refractivity contribution in [3.05, 3.63) is 23.8 Å². The van der Waals surface area contributed by atoms with Gasteiger partial charge in [-0.25, -0.2) is 0 Å². The third-order valence-corrected chi connectivity index (χ3v) is 3.06. The summed E-state index contributed by atoms with van der Waals surface area (Å²) < 4.78 is 0. The Morgan fingerprint density at radius 1 is 1.20 bits per heavy atom. The molecule has 0 bridgehead atoms. The summed E-state index contributed by atoms with van der Waals surface area (Å²) >= 11 is 0. The van der Waals surface area contributed by atoms with E-state index in [1.807, 2.05) is 0 Å². The first-order chi connectivity index (χ1) is 7.09. The van der Waals surface area contributed by atoms with Gasteiger partial charge in [0.05, 0.1) is 18.0 Å². The first-order valence-electron chi connectivity index (χ1n) is 5.74. The molecular weight excluding hydrogens is 184 g/mol. The predicted molar refractivity (Wildman–Crippen MR) is 66.6 cm³/mol. The van der Waals surface area contributed by atoms with Crippen molar-refractivity contribution < 1.29 is 0 Å². The van der Waals surface area contributed by atoms with Crippen LogP contribution in [-0.2, 0) is 0 Å². The zero-order chi connectivity index (χ0) is 11.0. The van der Waals surface area contributed by atoms with E-state index < -0.39 is 0 Å². The van der Waals surface area contributed by atoms with E-state index in [0.717, 1.165) is 6.67 Å². The molecule has 2 nitrogen and oxygen atoms in total. The Hall–Kier alpha value is -1.18. The molecule has 2 heteroatoms. The Balaban J connectivity index is 2.38.